The predicted molar refractivity (Wildman–Crippen MR) is 145 cm³/mol. The van der Waals surface area contributed by atoms with E-state index in [4.69, 9.17) is 9.47 Å². The Balaban J connectivity index is 2.04. The van der Waals surface area contributed by atoms with Crippen LogP contribution in [0.5, 0.6) is 17.2 Å². The van der Waals surface area contributed by atoms with Crippen LogP contribution < -0.4 is 14.8 Å². The molecule has 11 heteroatoms. The topological polar surface area (TPSA) is 158 Å². The maximum absolute atomic E-state index is 12.9. The molecule has 0 aliphatic heterocycles. The summed E-state index contributed by atoms with van der Waals surface area (Å²) < 4.78 is 11.3. The van der Waals surface area contributed by atoms with Gasteiger partial charge in [0, 0.05) is 17.3 Å². The van der Waals surface area contributed by atoms with Gasteiger partial charge in [-0.05, 0) is 67.3 Å². The van der Waals surface area contributed by atoms with Gasteiger partial charge in [0.1, 0.15) is 11.6 Å². The summed E-state index contributed by atoms with van der Waals surface area (Å²) in [4.78, 5) is 34.0. The minimum Gasteiger partial charge on any atom is -0.493 e. The quantitative estimate of drug-likeness (QED) is 0.107. The van der Waals surface area contributed by atoms with Crippen LogP contribution in [0, 0.1) is 45.4 Å². The van der Waals surface area contributed by atoms with E-state index in [1.165, 1.54) is 19.3 Å². The van der Waals surface area contributed by atoms with Crippen molar-refractivity contribution in [3.8, 4) is 23.3 Å². The Morgan fingerprint density at radius 3 is 2.46 bits per heavy atom. The highest BCUT2D eigenvalue weighted by molar-refractivity contribution is 6.10. The van der Waals surface area contributed by atoms with Crippen molar-refractivity contribution < 1.29 is 24.1 Å². The molecule has 0 radical (unpaired) electrons. The number of nitrogens with one attached hydrogen (secondary N) is 1. The van der Waals surface area contributed by atoms with Crippen molar-refractivity contribution in [3.05, 3.63) is 109 Å². The van der Waals surface area contributed by atoms with Crippen LogP contribution in [0.25, 0.3) is 6.08 Å². The summed E-state index contributed by atoms with van der Waals surface area (Å²) in [6.07, 6.45) is 3.19. The number of hydrogen-bond donors (Lipinski definition) is 1. The summed E-state index contributed by atoms with van der Waals surface area (Å²) in [6.45, 7) is 7.50. The molecule has 0 heterocycles. The minimum atomic E-state index is -0.785. The second kappa shape index (κ2) is 12.2. The number of ether oxygens (including phenoxy) is 2. The molecule has 0 bridgehead atoms. The molecule has 0 unspecified atom stereocenters. The molecule has 3 aromatic carbocycles. The van der Waals surface area contributed by atoms with Crippen molar-refractivity contribution in [2.45, 2.75) is 20.3 Å². The number of anilines is 1. The fourth-order valence-electron chi connectivity index (χ4n) is 3.69. The molecule has 0 saturated carbocycles. The summed E-state index contributed by atoms with van der Waals surface area (Å²) >= 11 is 0. The van der Waals surface area contributed by atoms with E-state index in [9.17, 15) is 30.3 Å². The van der Waals surface area contributed by atoms with Gasteiger partial charge in [-0.25, -0.2) is 0 Å². The average Bonchev–Trinajstić information content (AvgIpc) is 2.90. The first-order chi connectivity index (χ1) is 18.6. The first kappa shape index (κ1) is 28.1. The number of rotatable bonds is 10. The zero-order valence-electron chi connectivity index (χ0n) is 21.4. The van der Waals surface area contributed by atoms with E-state index in [-0.39, 0.29) is 29.2 Å². The van der Waals surface area contributed by atoms with Gasteiger partial charge in [-0.1, -0.05) is 18.2 Å². The van der Waals surface area contributed by atoms with Gasteiger partial charge < -0.3 is 14.8 Å². The lowest BCUT2D eigenvalue weighted by atomic mass is 10.0. The van der Waals surface area contributed by atoms with Crippen LogP contribution in [-0.4, -0.2) is 22.9 Å². The third-order valence-electron chi connectivity index (χ3n) is 5.83. The highest BCUT2D eigenvalue weighted by atomic mass is 16.6. The molecule has 0 spiro atoms. The van der Waals surface area contributed by atoms with Crippen molar-refractivity contribution in [1.29, 1.82) is 5.26 Å². The van der Waals surface area contributed by atoms with Crippen LogP contribution in [0.2, 0.25) is 0 Å². The first-order valence-electron chi connectivity index (χ1n) is 11.5. The maximum Gasteiger partial charge on any atom is 0.318 e. The Morgan fingerprint density at radius 1 is 1.10 bits per heavy atom. The van der Waals surface area contributed by atoms with Crippen molar-refractivity contribution in [2.24, 2.45) is 0 Å². The molecular weight excluding hydrogens is 504 g/mol. The van der Waals surface area contributed by atoms with Gasteiger partial charge in [-0.3, -0.25) is 25.0 Å². The first-order valence-corrected chi connectivity index (χ1v) is 11.5. The van der Waals surface area contributed by atoms with Gasteiger partial charge in [0.15, 0.2) is 11.5 Å². The second-order valence-corrected chi connectivity index (χ2v) is 8.34. The predicted octanol–water partition coefficient (Wildman–Crippen LogP) is 6.19. The molecule has 0 aromatic heterocycles. The minimum absolute atomic E-state index is 0.116. The lowest BCUT2D eigenvalue weighted by molar-refractivity contribution is -0.394. The normalized spacial score (nSPS) is 10.8. The average molecular weight is 529 g/mol. The van der Waals surface area contributed by atoms with Gasteiger partial charge in [0.25, 0.3) is 11.6 Å². The molecule has 1 N–H and O–H groups in total. The summed E-state index contributed by atoms with van der Waals surface area (Å²) in [5.74, 6) is -0.564. The van der Waals surface area contributed by atoms with Crippen molar-refractivity contribution in [1.82, 2.24) is 0 Å². The van der Waals surface area contributed by atoms with Crippen LogP contribution in [0.1, 0.15) is 22.3 Å². The van der Waals surface area contributed by atoms with Gasteiger partial charge in [0.05, 0.1) is 23.0 Å². The third-order valence-corrected chi connectivity index (χ3v) is 5.83. The molecule has 198 valence electrons. The van der Waals surface area contributed by atoms with Gasteiger partial charge in [-0.15, -0.1) is 6.58 Å². The molecular formula is C28H24N4O7. The Labute approximate surface area is 223 Å². The molecule has 0 atom stereocenters. The van der Waals surface area contributed by atoms with E-state index in [0.717, 1.165) is 29.3 Å². The standard InChI is InChI=1S/C28H24N4O7/c1-5-7-20-12-19(13-21(16-29)28(33)30-23-9-6-8-17(2)18(23)3)14-26(38-4)27(20)39-25-11-10-22(31(34)35)15-24(25)32(36)37/h5-6,8-15H,1,7H2,2-4H3,(H,30,33)/b21-13+. The summed E-state index contributed by atoms with van der Waals surface area (Å²) in [7, 11) is 1.36. The fourth-order valence-corrected chi connectivity index (χ4v) is 3.69. The molecule has 0 saturated heterocycles. The number of carbonyl (C=O) groups is 1. The molecule has 0 aliphatic carbocycles. The molecule has 0 fully saturated rings. The number of nitro benzene ring substituents is 2. The highest BCUT2D eigenvalue weighted by Crippen LogP contribution is 2.41. The van der Waals surface area contributed by atoms with Crippen LogP contribution in [0.15, 0.2) is 66.8 Å². The summed E-state index contributed by atoms with van der Waals surface area (Å²) in [6, 6.07) is 13.5. The SMILES string of the molecule is C=CCc1cc(/C=C(\C#N)C(=O)Nc2cccc(C)c2C)cc(OC)c1Oc1ccc([N+](=O)[O-])cc1[N+](=O)[O-]. The van der Waals surface area contributed by atoms with E-state index in [1.807, 2.05) is 26.0 Å². The number of nitro groups is 2. The number of hydrogen-bond acceptors (Lipinski definition) is 8. The number of non-ortho nitro benzene ring substituents is 1. The summed E-state index contributed by atoms with van der Waals surface area (Å²) in [5, 5.41) is 35.1. The lowest BCUT2D eigenvalue weighted by Crippen LogP contribution is -2.14. The number of nitriles is 1. The number of benzene rings is 3. The lowest BCUT2D eigenvalue weighted by Gasteiger charge is -2.16. The Morgan fingerprint density at radius 2 is 1.85 bits per heavy atom. The Bertz CT molecular complexity index is 1550. The molecule has 0 aliphatic rings. The number of amides is 1. The Hall–Kier alpha value is -5.50. The van der Waals surface area contributed by atoms with Crippen LogP contribution >= 0.6 is 0 Å². The van der Waals surface area contributed by atoms with Crippen molar-refractivity contribution in [2.75, 3.05) is 12.4 Å². The molecule has 1 amide bonds. The number of aryl methyl sites for hydroxylation is 1. The number of carbonyl (C=O) groups excluding carboxylic acids is 1. The summed E-state index contributed by atoms with van der Waals surface area (Å²) in [5.41, 5.74) is 2.13. The van der Waals surface area contributed by atoms with E-state index in [0.29, 0.717) is 16.8 Å². The molecule has 3 aromatic rings. The number of allylic oxidation sites excluding steroid dienone is 1. The fraction of sp³-hybridized carbons (Fsp3) is 0.143. The Kier molecular flexibility index (Phi) is 8.75. The third kappa shape index (κ3) is 6.44. The number of methoxy groups -OCH3 is 1. The van der Waals surface area contributed by atoms with Crippen LogP contribution in [0.4, 0.5) is 17.1 Å². The van der Waals surface area contributed by atoms with E-state index in [1.54, 1.807) is 24.3 Å². The second-order valence-electron chi connectivity index (χ2n) is 8.34. The zero-order valence-corrected chi connectivity index (χ0v) is 21.4. The molecule has 11 nitrogen and oxygen atoms in total. The monoisotopic (exact) mass is 528 g/mol. The van der Waals surface area contributed by atoms with E-state index >= 15 is 0 Å². The van der Waals surface area contributed by atoms with Gasteiger partial charge in [0.2, 0.25) is 5.75 Å². The van der Waals surface area contributed by atoms with Gasteiger partial charge >= 0.3 is 5.69 Å². The maximum atomic E-state index is 12.9. The molecule has 39 heavy (non-hydrogen) atoms. The van der Waals surface area contributed by atoms with Crippen LogP contribution in [0.3, 0.4) is 0 Å². The molecule has 3 rings (SSSR count). The smallest absolute Gasteiger partial charge is 0.318 e. The zero-order chi connectivity index (χ0) is 28.7. The van der Waals surface area contributed by atoms with E-state index in [2.05, 4.69) is 11.9 Å². The van der Waals surface area contributed by atoms with Crippen molar-refractivity contribution in [3.63, 3.8) is 0 Å². The highest BCUT2D eigenvalue weighted by Gasteiger charge is 2.24. The van der Waals surface area contributed by atoms with Crippen molar-refractivity contribution >= 4 is 29.0 Å². The van der Waals surface area contributed by atoms with Crippen LogP contribution in [-0.2, 0) is 11.2 Å². The number of nitrogens with zero attached hydrogens (tertiary/aromatic N) is 3. The van der Waals surface area contributed by atoms with Gasteiger partial charge in [-0.2, -0.15) is 5.26 Å². The van der Waals surface area contributed by atoms with E-state index < -0.39 is 27.1 Å². The largest absolute Gasteiger partial charge is 0.493 e.